The highest BCUT2D eigenvalue weighted by molar-refractivity contribution is 5.94. The number of esters is 1. The van der Waals surface area contributed by atoms with Gasteiger partial charge in [0.15, 0.2) is 5.69 Å². The highest BCUT2D eigenvalue weighted by Gasteiger charge is 2.38. The van der Waals surface area contributed by atoms with Gasteiger partial charge in [-0.2, -0.15) is 13.2 Å². The quantitative estimate of drug-likeness (QED) is 0.359. The number of aromatic nitrogens is 2. The normalized spacial score (nSPS) is 10.9. The van der Waals surface area contributed by atoms with E-state index >= 15 is 0 Å². The van der Waals surface area contributed by atoms with Gasteiger partial charge in [0.1, 0.15) is 11.5 Å². The van der Waals surface area contributed by atoms with Crippen LogP contribution in [-0.2, 0) is 20.7 Å². The number of aromatic amines is 1. The number of benzene rings is 2. The second kappa shape index (κ2) is 11.5. The molecule has 0 amide bonds. The van der Waals surface area contributed by atoms with Crippen molar-refractivity contribution in [3.05, 3.63) is 83.3 Å². The molecule has 34 heavy (non-hydrogen) atoms. The van der Waals surface area contributed by atoms with E-state index in [0.717, 1.165) is 22.8 Å². The molecule has 8 nitrogen and oxygen atoms in total. The molecular weight excluding hydrogens is 457 g/mol. The van der Waals surface area contributed by atoms with Crippen molar-refractivity contribution in [1.29, 1.82) is 0 Å². The molecule has 0 bridgehead atoms. The summed E-state index contributed by atoms with van der Waals surface area (Å²) in [5, 5.41) is 15.9. The van der Waals surface area contributed by atoms with Crippen LogP contribution in [-0.4, -0.2) is 51.4 Å². The number of carboxylic acids is 2. The van der Waals surface area contributed by atoms with Gasteiger partial charge in [-0.3, -0.25) is 0 Å². The molecule has 0 aliphatic heterocycles. The van der Waals surface area contributed by atoms with Gasteiger partial charge in [0.2, 0.25) is 0 Å². The van der Waals surface area contributed by atoms with Gasteiger partial charge in [-0.05, 0) is 17.2 Å². The van der Waals surface area contributed by atoms with Crippen LogP contribution < -0.4 is 0 Å². The summed E-state index contributed by atoms with van der Waals surface area (Å²) in [6, 6.07) is 16.9. The minimum absolute atomic E-state index is 0.306. The molecule has 3 rings (SSSR count). The molecule has 0 fully saturated rings. The first-order valence-electron chi connectivity index (χ1n) is 9.54. The number of H-pyrrole nitrogens is 1. The Labute approximate surface area is 191 Å². The summed E-state index contributed by atoms with van der Waals surface area (Å²) in [6.45, 7) is 0. The standard InChI is InChI=1S/C21H18N2O4.C2HF3O2/c1-27-21(26)20-19(16-8-3-2-4-9-16)22-17(23-20)13-15-7-5-6-14(12-15)10-11-18(24)25;3-2(4,5)1(6)7/h2-12H,13H2,1H3,(H,22,23)(H,24,25);(H,6,7)/b11-10+;. The second-order valence-electron chi connectivity index (χ2n) is 6.66. The minimum atomic E-state index is -5.08. The largest absolute Gasteiger partial charge is 0.490 e. The summed E-state index contributed by atoms with van der Waals surface area (Å²) >= 11 is 0. The zero-order chi connectivity index (χ0) is 25.3. The third-order valence-electron chi connectivity index (χ3n) is 4.17. The van der Waals surface area contributed by atoms with Crippen molar-refractivity contribution in [2.75, 3.05) is 7.11 Å². The first-order chi connectivity index (χ1) is 16.0. The van der Waals surface area contributed by atoms with E-state index in [1.54, 1.807) is 0 Å². The number of carbonyl (C=O) groups is 3. The Bertz CT molecular complexity index is 1190. The van der Waals surface area contributed by atoms with Gasteiger partial charge in [0, 0.05) is 18.1 Å². The Kier molecular flexibility index (Phi) is 8.71. The molecule has 1 heterocycles. The topological polar surface area (TPSA) is 130 Å². The smallest absolute Gasteiger partial charge is 0.478 e. The van der Waals surface area contributed by atoms with Gasteiger partial charge in [0.05, 0.1) is 7.11 Å². The minimum Gasteiger partial charge on any atom is -0.478 e. The number of hydrogen-bond acceptors (Lipinski definition) is 5. The number of rotatable bonds is 6. The van der Waals surface area contributed by atoms with E-state index in [1.807, 2.05) is 54.6 Å². The fourth-order valence-corrected chi connectivity index (χ4v) is 2.73. The maximum Gasteiger partial charge on any atom is 0.490 e. The predicted octanol–water partition coefficient (Wildman–Crippen LogP) is 4.19. The van der Waals surface area contributed by atoms with Crippen LogP contribution in [0.15, 0.2) is 60.7 Å². The van der Waals surface area contributed by atoms with Gasteiger partial charge >= 0.3 is 24.1 Å². The van der Waals surface area contributed by atoms with Crippen LogP contribution in [0.25, 0.3) is 17.3 Å². The third-order valence-corrected chi connectivity index (χ3v) is 4.17. The van der Waals surface area contributed by atoms with Crippen molar-refractivity contribution in [2.24, 2.45) is 0 Å². The lowest BCUT2D eigenvalue weighted by atomic mass is 10.1. The summed E-state index contributed by atoms with van der Waals surface area (Å²) in [6.07, 6.45) is -2.00. The van der Waals surface area contributed by atoms with E-state index in [-0.39, 0.29) is 0 Å². The molecular formula is C23H19F3N2O6. The van der Waals surface area contributed by atoms with Gasteiger partial charge in [-0.1, -0.05) is 54.6 Å². The van der Waals surface area contributed by atoms with Gasteiger partial charge < -0.3 is 19.9 Å². The van der Waals surface area contributed by atoms with Gasteiger partial charge in [-0.25, -0.2) is 19.4 Å². The molecule has 0 spiro atoms. The van der Waals surface area contributed by atoms with Crippen molar-refractivity contribution < 1.29 is 42.5 Å². The highest BCUT2D eigenvalue weighted by atomic mass is 19.4. The molecule has 0 saturated carbocycles. The number of methoxy groups -OCH3 is 1. The fraction of sp³-hybridized carbons (Fsp3) is 0.130. The molecule has 0 saturated heterocycles. The number of carbonyl (C=O) groups excluding carboxylic acids is 1. The molecule has 1 aromatic heterocycles. The number of ether oxygens (including phenoxy) is 1. The molecule has 0 radical (unpaired) electrons. The number of alkyl halides is 3. The number of halogens is 3. The number of imidazole rings is 1. The highest BCUT2D eigenvalue weighted by Crippen LogP contribution is 2.23. The maximum atomic E-state index is 12.1. The van der Waals surface area contributed by atoms with Crippen molar-refractivity contribution in [2.45, 2.75) is 12.6 Å². The SMILES string of the molecule is COC(=O)c1[nH]c(Cc2cccc(/C=C/C(=O)O)c2)nc1-c1ccccc1.O=C(O)C(F)(F)F. The lowest BCUT2D eigenvalue weighted by Crippen LogP contribution is -2.21. The zero-order valence-corrected chi connectivity index (χ0v) is 17.7. The number of aliphatic carboxylic acids is 2. The molecule has 0 aliphatic rings. The number of hydrogen-bond donors (Lipinski definition) is 3. The molecule has 11 heteroatoms. The first-order valence-corrected chi connectivity index (χ1v) is 9.54. The van der Waals surface area contributed by atoms with E-state index in [1.165, 1.54) is 13.2 Å². The molecule has 0 aliphatic carbocycles. The van der Waals surface area contributed by atoms with E-state index in [0.29, 0.717) is 23.6 Å². The molecule has 3 aromatic rings. The van der Waals surface area contributed by atoms with Crippen molar-refractivity contribution in [3.8, 4) is 11.3 Å². The predicted molar refractivity (Wildman–Crippen MR) is 115 cm³/mol. The number of carboxylic acid groups (broad SMARTS) is 2. The molecule has 0 atom stereocenters. The Balaban J connectivity index is 0.000000509. The fourth-order valence-electron chi connectivity index (χ4n) is 2.73. The van der Waals surface area contributed by atoms with Gasteiger partial charge in [0.25, 0.3) is 0 Å². The molecule has 3 N–H and O–H groups in total. The Morgan fingerprint density at radius 2 is 1.71 bits per heavy atom. The van der Waals surface area contributed by atoms with E-state index in [4.69, 9.17) is 19.7 Å². The number of nitrogens with zero attached hydrogens (tertiary/aromatic N) is 1. The van der Waals surface area contributed by atoms with Crippen LogP contribution in [0.4, 0.5) is 13.2 Å². The lowest BCUT2D eigenvalue weighted by molar-refractivity contribution is -0.192. The molecule has 2 aromatic carbocycles. The van der Waals surface area contributed by atoms with Crippen LogP contribution in [0.1, 0.15) is 27.4 Å². The van der Waals surface area contributed by atoms with Crippen LogP contribution in [0.5, 0.6) is 0 Å². The van der Waals surface area contributed by atoms with Crippen molar-refractivity contribution in [1.82, 2.24) is 9.97 Å². The Hall–Kier alpha value is -4.41. The Morgan fingerprint density at radius 3 is 2.26 bits per heavy atom. The average molecular weight is 476 g/mol. The first kappa shape index (κ1) is 25.8. The monoisotopic (exact) mass is 476 g/mol. The second-order valence-corrected chi connectivity index (χ2v) is 6.66. The van der Waals surface area contributed by atoms with Crippen LogP contribution in [0, 0.1) is 0 Å². The summed E-state index contributed by atoms with van der Waals surface area (Å²) in [5.41, 5.74) is 3.38. The summed E-state index contributed by atoms with van der Waals surface area (Å²) in [5.74, 6) is -3.62. The lowest BCUT2D eigenvalue weighted by Gasteiger charge is -2.00. The van der Waals surface area contributed by atoms with Crippen molar-refractivity contribution >= 4 is 24.0 Å². The van der Waals surface area contributed by atoms with Crippen LogP contribution >= 0.6 is 0 Å². The van der Waals surface area contributed by atoms with E-state index < -0.39 is 24.1 Å². The maximum absolute atomic E-state index is 12.1. The van der Waals surface area contributed by atoms with E-state index in [2.05, 4.69) is 9.97 Å². The number of nitrogens with one attached hydrogen (secondary N) is 1. The zero-order valence-electron chi connectivity index (χ0n) is 17.7. The summed E-state index contributed by atoms with van der Waals surface area (Å²) < 4.78 is 36.6. The van der Waals surface area contributed by atoms with Crippen LogP contribution in [0.2, 0.25) is 0 Å². The summed E-state index contributed by atoms with van der Waals surface area (Å²) in [4.78, 5) is 39.3. The van der Waals surface area contributed by atoms with E-state index in [9.17, 15) is 22.8 Å². The molecule has 0 unspecified atom stereocenters. The van der Waals surface area contributed by atoms with Crippen molar-refractivity contribution in [3.63, 3.8) is 0 Å². The average Bonchev–Trinajstić information content (AvgIpc) is 3.21. The summed E-state index contributed by atoms with van der Waals surface area (Å²) in [7, 11) is 1.33. The Morgan fingerprint density at radius 1 is 1.06 bits per heavy atom. The van der Waals surface area contributed by atoms with Gasteiger partial charge in [-0.15, -0.1) is 0 Å². The third kappa shape index (κ3) is 7.62. The molecule has 178 valence electrons. The van der Waals surface area contributed by atoms with Crippen LogP contribution in [0.3, 0.4) is 0 Å².